The van der Waals surface area contributed by atoms with E-state index in [1.165, 1.54) is 12.8 Å². The maximum atomic E-state index is 6.01. The van der Waals surface area contributed by atoms with E-state index < -0.39 is 0 Å². The van der Waals surface area contributed by atoms with Crippen molar-refractivity contribution in [1.29, 1.82) is 0 Å². The van der Waals surface area contributed by atoms with Crippen LogP contribution in [0.1, 0.15) is 31.2 Å². The molecule has 1 N–H and O–H groups in total. The number of nitrogens with one attached hydrogen (secondary N) is 1. The Hall–Kier alpha value is -0.830. The van der Waals surface area contributed by atoms with Crippen LogP contribution in [-0.2, 0) is 6.42 Å². The highest BCUT2D eigenvalue weighted by molar-refractivity contribution is 6.30. The normalized spacial score (nSPS) is 15.6. The second kappa shape index (κ2) is 3.73. The van der Waals surface area contributed by atoms with Gasteiger partial charge in [-0.2, -0.15) is 0 Å². The summed E-state index contributed by atoms with van der Waals surface area (Å²) >= 11 is 6.01. The van der Waals surface area contributed by atoms with Crippen LogP contribution in [0.25, 0.3) is 0 Å². The van der Waals surface area contributed by atoms with E-state index in [4.69, 9.17) is 11.6 Å². The summed E-state index contributed by atoms with van der Waals surface area (Å²) in [6.45, 7) is 3.98. The van der Waals surface area contributed by atoms with Crippen LogP contribution in [0.3, 0.4) is 0 Å². The van der Waals surface area contributed by atoms with Gasteiger partial charge < -0.3 is 5.32 Å². The van der Waals surface area contributed by atoms with E-state index in [9.17, 15) is 0 Å². The van der Waals surface area contributed by atoms with Crippen molar-refractivity contribution >= 4 is 17.4 Å². The number of hydrogen-bond acceptors (Lipinski definition) is 3. The summed E-state index contributed by atoms with van der Waals surface area (Å²) < 4.78 is 0. The van der Waals surface area contributed by atoms with Crippen LogP contribution in [-0.4, -0.2) is 16.0 Å². The monoisotopic (exact) mass is 211 g/mol. The van der Waals surface area contributed by atoms with Crippen molar-refractivity contribution in [2.75, 3.05) is 5.32 Å². The Labute approximate surface area is 88.9 Å². The Morgan fingerprint density at radius 3 is 2.71 bits per heavy atom. The van der Waals surface area contributed by atoms with Gasteiger partial charge in [0.25, 0.3) is 0 Å². The Balaban J connectivity index is 2.29. The van der Waals surface area contributed by atoms with Gasteiger partial charge in [0.15, 0.2) is 0 Å². The van der Waals surface area contributed by atoms with Crippen molar-refractivity contribution in [3.8, 4) is 0 Å². The van der Waals surface area contributed by atoms with Gasteiger partial charge in [0, 0.05) is 18.0 Å². The summed E-state index contributed by atoms with van der Waals surface area (Å²) in [5, 5.41) is 3.93. The third kappa shape index (κ3) is 1.98. The van der Waals surface area contributed by atoms with Gasteiger partial charge in [0.1, 0.15) is 16.8 Å². The largest absolute Gasteiger partial charge is 0.367 e. The molecule has 1 aromatic heterocycles. The lowest BCUT2D eigenvalue weighted by Gasteiger charge is -2.09. The fraction of sp³-hybridized carbons (Fsp3) is 0.600. The molecule has 0 aliphatic heterocycles. The van der Waals surface area contributed by atoms with Gasteiger partial charge in [-0.25, -0.2) is 9.97 Å². The van der Waals surface area contributed by atoms with E-state index in [0.29, 0.717) is 11.2 Å². The van der Waals surface area contributed by atoms with Crippen LogP contribution in [0, 0.1) is 6.92 Å². The highest BCUT2D eigenvalue weighted by Crippen LogP contribution is 2.27. The van der Waals surface area contributed by atoms with Crippen molar-refractivity contribution in [2.45, 2.75) is 39.2 Å². The van der Waals surface area contributed by atoms with Gasteiger partial charge in [-0.3, -0.25) is 0 Å². The quantitative estimate of drug-likeness (QED) is 0.781. The highest BCUT2D eigenvalue weighted by atomic mass is 35.5. The van der Waals surface area contributed by atoms with Crippen LogP contribution in [0.5, 0.6) is 0 Å². The maximum absolute atomic E-state index is 6.01. The molecule has 1 aliphatic rings. The minimum atomic E-state index is 0.569. The highest BCUT2D eigenvalue weighted by Gasteiger charge is 2.22. The molecule has 1 saturated carbocycles. The molecule has 0 aromatic carbocycles. The zero-order valence-electron chi connectivity index (χ0n) is 8.47. The molecule has 2 rings (SSSR count). The molecule has 14 heavy (non-hydrogen) atoms. The number of halogens is 1. The van der Waals surface area contributed by atoms with Crippen LogP contribution >= 0.6 is 11.6 Å². The summed E-state index contributed by atoms with van der Waals surface area (Å²) in [5.41, 5.74) is 0.954. The molecule has 76 valence electrons. The standard InChI is InChI=1S/C10H14ClN3/c1-3-8-13-9(11)6(2)10(14-8)12-7-4-5-7/h7H,3-5H2,1-2H3,(H,12,13,14). The minimum Gasteiger partial charge on any atom is -0.367 e. The van der Waals surface area contributed by atoms with E-state index in [1.54, 1.807) is 0 Å². The first kappa shape index (κ1) is 9.71. The fourth-order valence-corrected chi connectivity index (χ4v) is 1.44. The average molecular weight is 212 g/mol. The molecule has 3 nitrogen and oxygen atoms in total. The van der Waals surface area contributed by atoms with E-state index >= 15 is 0 Å². The minimum absolute atomic E-state index is 0.569. The number of anilines is 1. The van der Waals surface area contributed by atoms with Crippen molar-refractivity contribution in [1.82, 2.24) is 9.97 Å². The Bertz CT molecular complexity index is 347. The second-order valence-electron chi connectivity index (χ2n) is 3.68. The van der Waals surface area contributed by atoms with E-state index in [1.807, 2.05) is 13.8 Å². The zero-order chi connectivity index (χ0) is 10.1. The molecule has 4 heteroatoms. The Morgan fingerprint density at radius 1 is 1.43 bits per heavy atom. The van der Waals surface area contributed by atoms with Crippen molar-refractivity contribution < 1.29 is 0 Å². The molecule has 0 spiro atoms. The number of rotatable bonds is 3. The molecule has 1 aliphatic carbocycles. The van der Waals surface area contributed by atoms with Gasteiger partial charge in [-0.05, 0) is 19.8 Å². The molecule has 0 unspecified atom stereocenters. The summed E-state index contributed by atoms with van der Waals surface area (Å²) in [7, 11) is 0. The first-order chi connectivity index (χ1) is 6.70. The average Bonchev–Trinajstić information content (AvgIpc) is 2.96. The molecule has 1 aromatic rings. The summed E-state index contributed by atoms with van der Waals surface area (Å²) in [5.74, 6) is 1.72. The SMILES string of the molecule is CCc1nc(Cl)c(C)c(NC2CC2)n1. The summed E-state index contributed by atoms with van der Waals surface area (Å²) in [6, 6.07) is 0.601. The van der Waals surface area contributed by atoms with Crippen molar-refractivity contribution in [3.05, 3.63) is 16.5 Å². The van der Waals surface area contributed by atoms with E-state index in [2.05, 4.69) is 15.3 Å². The number of nitrogens with zero attached hydrogens (tertiary/aromatic N) is 2. The predicted octanol–water partition coefficient (Wildman–Crippen LogP) is 2.58. The van der Waals surface area contributed by atoms with E-state index in [-0.39, 0.29) is 0 Å². The zero-order valence-corrected chi connectivity index (χ0v) is 9.23. The first-order valence-corrected chi connectivity index (χ1v) is 5.38. The molecule has 1 heterocycles. The van der Waals surface area contributed by atoms with Gasteiger partial charge >= 0.3 is 0 Å². The first-order valence-electron chi connectivity index (χ1n) is 5.00. The summed E-state index contributed by atoms with van der Waals surface area (Å²) in [6.07, 6.45) is 3.30. The van der Waals surface area contributed by atoms with Crippen LogP contribution in [0.2, 0.25) is 5.15 Å². The third-order valence-electron chi connectivity index (χ3n) is 2.37. The van der Waals surface area contributed by atoms with Gasteiger partial charge in [-0.1, -0.05) is 18.5 Å². The molecule has 0 atom stereocenters. The summed E-state index contributed by atoms with van der Waals surface area (Å²) in [4.78, 5) is 8.62. The van der Waals surface area contributed by atoms with Crippen LogP contribution in [0.15, 0.2) is 0 Å². The second-order valence-corrected chi connectivity index (χ2v) is 4.03. The molecule has 0 amide bonds. The maximum Gasteiger partial charge on any atom is 0.137 e. The van der Waals surface area contributed by atoms with E-state index in [0.717, 1.165) is 23.6 Å². The Morgan fingerprint density at radius 2 is 2.14 bits per heavy atom. The topological polar surface area (TPSA) is 37.8 Å². The Kier molecular flexibility index (Phi) is 2.59. The molecule has 0 saturated heterocycles. The van der Waals surface area contributed by atoms with Gasteiger partial charge in [-0.15, -0.1) is 0 Å². The van der Waals surface area contributed by atoms with Gasteiger partial charge in [0.2, 0.25) is 0 Å². The van der Waals surface area contributed by atoms with Gasteiger partial charge in [0.05, 0.1) is 0 Å². The van der Waals surface area contributed by atoms with Crippen molar-refractivity contribution in [2.24, 2.45) is 0 Å². The van der Waals surface area contributed by atoms with Crippen LogP contribution < -0.4 is 5.32 Å². The predicted molar refractivity (Wildman–Crippen MR) is 57.8 cm³/mol. The molecule has 1 fully saturated rings. The molecular weight excluding hydrogens is 198 g/mol. The number of aromatic nitrogens is 2. The molecule has 0 radical (unpaired) electrons. The third-order valence-corrected chi connectivity index (χ3v) is 2.74. The lowest BCUT2D eigenvalue weighted by atomic mass is 10.3. The smallest absolute Gasteiger partial charge is 0.137 e. The number of hydrogen-bond donors (Lipinski definition) is 1. The lowest BCUT2D eigenvalue weighted by molar-refractivity contribution is 0.922. The molecular formula is C10H14ClN3. The molecule has 0 bridgehead atoms. The van der Waals surface area contributed by atoms with Crippen molar-refractivity contribution in [3.63, 3.8) is 0 Å². The lowest BCUT2D eigenvalue weighted by Crippen LogP contribution is -2.08. The van der Waals surface area contributed by atoms with Crippen LogP contribution in [0.4, 0.5) is 5.82 Å². The fourth-order valence-electron chi connectivity index (χ4n) is 1.25. The number of aryl methyl sites for hydroxylation is 1.